The first kappa shape index (κ1) is 21.1. The molecule has 4 rings (SSSR count). The molecule has 0 saturated carbocycles. The summed E-state index contributed by atoms with van der Waals surface area (Å²) < 4.78 is 31.4. The van der Waals surface area contributed by atoms with Gasteiger partial charge in [-0.1, -0.05) is 48.5 Å². The van der Waals surface area contributed by atoms with Crippen molar-refractivity contribution in [3.8, 4) is 17.0 Å². The number of anilines is 1. The summed E-state index contributed by atoms with van der Waals surface area (Å²) in [5.41, 5.74) is 3.49. The molecular formula is C23H25N3O4S. The van der Waals surface area contributed by atoms with Crippen LogP contribution >= 0.6 is 0 Å². The van der Waals surface area contributed by atoms with E-state index in [0.717, 1.165) is 16.7 Å². The number of ether oxygens (including phenoxy) is 1. The van der Waals surface area contributed by atoms with Gasteiger partial charge >= 0.3 is 0 Å². The molecule has 1 aromatic heterocycles. The van der Waals surface area contributed by atoms with Crippen LogP contribution in [0, 0.1) is 13.8 Å². The fourth-order valence-corrected chi connectivity index (χ4v) is 5.52. The molecule has 1 aliphatic rings. The molecule has 1 saturated heterocycles. The highest BCUT2D eigenvalue weighted by atomic mass is 32.2. The highest BCUT2D eigenvalue weighted by molar-refractivity contribution is 7.91. The summed E-state index contributed by atoms with van der Waals surface area (Å²) in [6, 6.07) is 16.9. The number of rotatable bonds is 6. The van der Waals surface area contributed by atoms with Gasteiger partial charge in [0.15, 0.2) is 16.4 Å². The average molecular weight is 440 g/mol. The first-order valence-corrected chi connectivity index (χ1v) is 12.0. The molecule has 162 valence electrons. The van der Waals surface area contributed by atoms with Crippen LogP contribution < -0.4 is 10.1 Å². The molecule has 2 heterocycles. The molecule has 2 aromatic carbocycles. The molecule has 1 N–H and O–H groups in total. The Hall–Kier alpha value is -3.13. The van der Waals surface area contributed by atoms with Gasteiger partial charge in [-0.05, 0) is 31.4 Å². The predicted octanol–water partition coefficient (Wildman–Crippen LogP) is 3.54. The van der Waals surface area contributed by atoms with Crippen LogP contribution in [-0.4, -0.2) is 42.2 Å². The summed E-state index contributed by atoms with van der Waals surface area (Å²) in [7, 11) is -3.10. The standard InChI is InChI=1S/C23H25N3O4S/c1-16-7-6-8-17(2)23(16)30-14-22(27)24-21-13-20(18-9-4-3-5-10-18)25-26(21)19-11-12-31(28,29)15-19/h3-10,13,19H,11-12,14-15H2,1-2H3,(H,24,27)/t19-/m1/s1. The minimum Gasteiger partial charge on any atom is -0.483 e. The zero-order valence-electron chi connectivity index (χ0n) is 17.5. The Labute approximate surface area is 182 Å². The average Bonchev–Trinajstić information content (AvgIpc) is 3.31. The Bertz CT molecular complexity index is 1180. The lowest BCUT2D eigenvalue weighted by Crippen LogP contribution is -2.24. The molecule has 8 heteroatoms. The van der Waals surface area contributed by atoms with E-state index in [4.69, 9.17) is 4.74 Å². The van der Waals surface area contributed by atoms with Crippen molar-refractivity contribution in [1.29, 1.82) is 0 Å². The number of hydrogen-bond acceptors (Lipinski definition) is 5. The second-order valence-electron chi connectivity index (χ2n) is 7.84. The Kier molecular flexibility index (Phi) is 5.82. The molecule has 0 aliphatic carbocycles. The van der Waals surface area contributed by atoms with Crippen molar-refractivity contribution in [2.45, 2.75) is 26.3 Å². The fourth-order valence-electron chi connectivity index (χ4n) is 3.83. The lowest BCUT2D eigenvalue weighted by atomic mass is 10.1. The Balaban J connectivity index is 1.56. The smallest absolute Gasteiger partial charge is 0.263 e. The third-order valence-corrected chi connectivity index (χ3v) is 7.13. The summed E-state index contributed by atoms with van der Waals surface area (Å²) in [5, 5.41) is 7.48. The van der Waals surface area contributed by atoms with E-state index in [-0.39, 0.29) is 30.1 Å². The number of nitrogens with zero attached hydrogens (tertiary/aromatic N) is 2. The van der Waals surface area contributed by atoms with Gasteiger partial charge in [-0.25, -0.2) is 13.1 Å². The van der Waals surface area contributed by atoms with Gasteiger partial charge < -0.3 is 10.1 Å². The van der Waals surface area contributed by atoms with Crippen LogP contribution in [0.2, 0.25) is 0 Å². The van der Waals surface area contributed by atoms with Gasteiger partial charge in [0, 0.05) is 11.6 Å². The van der Waals surface area contributed by atoms with E-state index in [1.807, 2.05) is 62.4 Å². The van der Waals surface area contributed by atoms with Crippen molar-refractivity contribution in [3.05, 3.63) is 65.7 Å². The first-order valence-electron chi connectivity index (χ1n) is 10.2. The number of aryl methyl sites for hydroxylation is 2. The van der Waals surface area contributed by atoms with Crippen LogP contribution in [0.15, 0.2) is 54.6 Å². The van der Waals surface area contributed by atoms with E-state index in [1.54, 1.807) is 10.7 Å². The Morgan fingerprint density at radius 2 is 1.84 bits per heavy atom. The Morgan fingerprint density at radius 1 is 1.13 bits per heavy atom. The quantitative estimate of drug-likeness (QED) is 0.634. The minimum absolute atomic E-state index is 0.0185. The number of carbonyl (C=O) groups is 1. The van der Waals surface area contributed by atoms with Crippen molar-refractivity contribution in [2.24, 2.45) is 0 Å². The van der Waals surface area contributed by atoms with Crippen LogP contribution in [-0.2, 0) is 14.6 Å². The van der Waals surface area contributed by atoms with Crippen LogP contribution in [0.4, 0.5) is 5.82 Å². The number of hydrogen-bond donors (Lipinski definition) is 1. The number of carbonyl (C=O) groups excluding carboxylic acids is 1. The van der Waals surface area contributed by atoms with Crippen molar-refractivity contribution in [1.82, 2.24) is 9.78 Å². The van der Waals surface area contributed by atoms with Gasteiger partial charge in [0.25, 0.3) is 5.91 Å². The third kappa shape index (κ3) is 4.80. The van der Waals surface area contributed by atoms with Gasteiger partial charge in [-0.3, -0.25) is 4.79 Å². The van der Waals surface area contributed by atoms with Gasteiger partial charge in [0.2, 0.25) is 0 Å². The number of amides is 1. The molecule has 3 aromatic rings. The molecule has 0 unspecified atom stereocenters. The van der Waals surface area contributed by atoms with Crippen molar-refractivity contribution >= 4 is 21.6 Å². The topological polar surface area (TPSA) is 90.3 Å². The van der Waals surface area contributed by atoms with E-state index in [0.29, 0.717) is 23.7 Å². The van der Waals surface area contributed by atoms with Crippen molar-refractivity contribution in [3.63, 3.8) is 0 Å². The van der Waals surface area contributed by atoms with Crippen LogP contribution in [0.5, 0.6) is 5.75 Å². The molecule has 0 radical (unpaired) electrons. The maximum Gasteiger partial charge on any atom is 0.263 e. The lowest BCUT2D eigenvalue weighted by molar-refractivity contribution is -0.118. The number of aromatic nitrogens is 2. The second kappa shape index (κ2) is 8.55. The lowest BCUT2D eigenvalue weighted by Gasteiger charge is -2.15. The van der Waals surface area contributed by atoms with Gasteiger partial charge in [-0.15, -0.1) is 0 Å². The van der Waals surface area contributed by atoms with Crippen LogP contribution in [0.25, 0.3) is 11.3 Å². The van der Waals surface area contributed by atoms with E-state index in [9.17, 15) is 13.2 Å². The first-order chi connectivity index (χ1) is 14.8. The summed E-state index contributed by atoms with van der Waals surface area (Å²) >= 11 is 0. The van der Waals surface area contributed by atoms with E-state index in [2.05, 4.69) is 10.4 Å². The molecule has 1 aliphatic heterocycles. The van der Waals surface area contributed by atoms with Crippen molar-refractivity contribution < 1.29 is 17.9 Å². The van der Waals surface area contributed by atoms with Crippen molar-refractivity contribution in [2.75, 3.05) is 23.4 Å². The summed E-state index contributed by atoms with van der Waals surface area (Å²) in [6.07, 6.45) is 0.472. The zero-order chi connectivity index (χ0) is 22.0. The molecule has 31 heavy (non-hydrogen) atoms. The molecule has 1 amide bonds. The molecule has 1 fully saturated rings. The molecular weight excluding hydrogens is 414 g/mol. The third-order valence-electron chi connectivity index (χ3n) is 5.38. The number of nitrogens with one attached hydrogen (secondary N) is 1. The zero-order valence-corrected chi connectivity index (χ0v) is 18.4. The normalized spacial score (nSPS) is 17.4. The SMILES string of the molecule is Cc1cccc(C)c1OCC(=O)Nc1cc(-c2ccccc2)nn1[C@@H]1CCS(=O)(=O)C1. The van der Waals surface area contributed by atoms with Gasteiger partial charge in [-0.2, -0.15) is 5.10 Å². The van der Waals surface area contributed by atoms with Crippen LogP contribution in [0.1, 0.15) is 23.6 Å². The molecule has 0 bridgehead atoms. The van der Waals surface area contributed by atoms with Gasteiger partial charge in [0.1, 0.15) is 11.6 Å². The van der Waals surface area contributed by atoms with E-state index >= 15 is 0 Å². The maximum atomic E-state index is 12.7. The minimum atomic E-state index is -3.10. The maximum absolute atomic E-state index is 12.7. The van der Waals surface area contributed by atoms with E-state index in [1.165, 1.54) is 0 Å². The number of sulfone groups is 1. The summed E-state index contributed by atoms with van der Waals surface area (Å²) in [6.45, 7) is 3.71. The number of para-hydroxylation sites is 1. The number of benzene rings is 2. The fraction of sp³-hybridized carbons (Fsp3) is 0.304. The summed E-state index contributed by atoms with van der Waals surface area (Å²) in [5.74, 6) is 0.977. The van der Waals surface area contributed by atoms with Crippen LogP contribution in [0.3, 0.4) is 0 Å². The monoisotopic (exact) mass is 439 g/mol. The Morgan fingerprint density at radius 3 is 2.48 bits per heavy atom. The molecule has 7 nitrogen and oxygen atoms in total. The molecule has 1 atom stereocenters. The highest BCUT2D eigenvalue weighted by Crippen LogP contribution is 2.30. The predicted molar refractivity (Wildman–Crippen MR) is 120 cm³/mol. The highest BCUT2D eigenvalue weighted by Gasteiger charge is 2.31. The molecule has 0 spiro atoms. The summed E-state index contributed by atoms with van der Waals surface area (Å²) in [4.78, 5) is 12.7. The van der Waals surface area contributed by atoms with Gasteiger partial charge in [0.05, 0.1) is 23.2 Å². The van der Waals surface area contributed by atoms with E-state index < -0.39 is 9.84 Å². The largest absolute Gasteiger partial charge is 0.483 e. The second-order valence-corrected chi connectivity index (χ2v) is 10.1.